The smallest absolute Gasteiger partial charge is 0.410 e. The minimum Gasteiger partial charge on any atom is -0.410 e. The van der Waals surface area contributed by atoms with Gasteiger partial charge in [-0.05, 0) is 38.0 Å². The summed E-state index contributed by atoms with van der Waals surface area (Å²) < 4.78 is 11.0. The first-order chi connectivity index (χ1) is 12.5. The Morgan fingerprint density at radius 2 is 1.77 bits per heavy atom. The third kappa shape index (κ3) is 4.62. The van der Waals surface area contributed by atoms with Crippen LogP contribution in [0.25, 0.3) is 0 Å². The number of carbonyl (C=O) groups is 1. The van der Waals surface area contributed by atoms with E-state index in [0.29, 0.717) is 5.75 Å². The summed E-state index contributed by atoms with van der Waals surface area (Å²) in [6.07, 6.45) is -0.463. The van der Waals surface area contributed by atoms with Crippen LogP contribution in [0.5, 0.6) is 5.75 Å². The number of para-hydroxylation sites is 1. The number of rotatable bonds is 4. The maximum absolute atomic E-state index is 12.4. The van der Waals surface area contributed by atoms with Gasteiger partial charge in [0.1, 0.15) is 5.75 Å². The first-order valence-corrected chi connectivity index (χ1v) is 8.97. The van der Waals surface area contributed by atoms with Crippen molar-refractivity contribution in [1.29, 1.82) is 0 Å². The van der Waals surface area contributed by atoms with Crippen molar-refractivity contribution >= 4 is 11.8 Å². The molecule has 1 aliphatic heterocycles. The zero-order valence-electron chi connectivity index (χ0n) is 15.7. The van der Waals surface area contributed by atoms with Gasteiger partial charge in [0.2, 0.25) is 0 Å². The topological polar surface area (TPSA) is 50.8 Å². The Kier molecular flexibility index (Phi) is 5.91. The second-order valence-corrected chi connectivity index (χ2v) is 6.78. The third-order valence-electron chi connectivity index (χ3n) is 4.58. The molecule has 138 valence electrons. The highest BCUT2D eigenvalue weighted by Crippen LogP contribution is 2.24. The summed E-state index contributed by atoms with van der Waals surface area (Å²) in [6.45, 7) is 10.0. The Morgan fingerprint density at radius 1 is 1.12 bits per heavy atom. The molecule has 2 aromatic carbocycles. The third-order valence-corrected chi connectivity index (χ3v) is 4.58. The molecule has 1 aliphatic rings. The van der Waals surface area contributed by atoms with Crippen molar-refractivity contribution in [1.82, 2.24) is 4.90 Å². The summed E-state index contributed by atoms with van der Waals surface area (Å²) in [5.74, 6) is 0.596. The monoisotopic (exact) mass is 354 g/mol. The van der Waals surface area contributed by atoms with Gasteiger partial charge in [-0.1, -0.05) is 35.9 Å². The van der Waals surface area contributed by atoms with Crippen LogP contribution < -0.4 is 10.1 Å². The number of anilines is 1. The van der Waals surface area contributed by atoms with E-state index in [1.165, 1.54) is 5.56 Å². The average Bonchev–Trinajstić information content (AvgIpc) is 2.61. The van der Waals surface area contributed by atoms with E-state index in [2.05, 4.69) is 22.3 Å². The lowest BCUT2D eigenvalue weighted by molar-refractivity contribution is 0.0339. The van der Waals surface area contributed by atoms with Gasteiger partial charge in [-0.2, -0.15) is 0 Å². The number of hydrogen-bond acceptors (Lipinski definition) is 4. The molecule has 0 aromatic heterocycles. The van der Waals surface area contributed by atoms with Gasteiger partial charge in [0.25, 0.3) is 0 Å². The molecular formula is C21H26N2O3. The van der Waals surface area contributed by atoms with E-state index in [0.717, 1.165) is 55.2 Å². The molecule has 0 bridgehead atoms. The Bertz CT molecular complexity index is 760. The molecule has 0 aliphatic carbocycles. The van der Waals surface area contributed by atoms with E-state index in [1.54, 1.807) is 0 Å². The number of morpholine rings is 1. The van der Waals surface area contributed by atoms with Crippen LogP contribution in [0.4, 0.5) is 10.5 Å². The minimum absolute atomic E-state index is 0.463. The van der Waals surface area contributed by atoms with E-state index in [1.807, 2.05) is 45.0 Å². The molecule has 0 atom stereocenters. The van der Waals surface area contributed by atoms with Crippen LogP contribution in [0.3, 0.4) is 0 Å². The number of carbonyl (C=O) groups excluding carboxylic acids is 1. The summed E-state index contributed by atoms with van der Waals surface area (Å²) >= 11 is 0. The lowest BCUT2D eigenvalue weighted by atomic mass is 10.1. The van der Waals surface area contributed by atoms with E-state index in [-0.39, 0.29) is 0 Å². The molecule has 0 radical (unpaired) electrons. The number of aryl methyl sites for hydroxylation is 3. The molecule has 0 spiro atoms. The number of benzene rings is 2. The van der Waals surface area contributed by atoms with Crippen LogP contribution in [0, 0.1) is 20.8 Å². The Labute approximate surface area is 154 Å². The average molecular weight is 354 g/mol. The zero-order chi connectivity index (χ0) is 18.5. The highest BCUT2D eigenvalue weighted by molar-refractivity contribution is 5.88. The zero-order valence-corrected chi connectivity index (χ0v) is 15.7. The molecule has 1 heterocycles. The second-order valence-electron chi connectivity index (χ2n) is 6.78. The molecular weight excluding hydrogens is 328 g/mol. The number of nitrogens with one attached hydrogen (secondary N) is 1. The Balaban J connectivity index is 1.70. The Hall–Kier alpha value is -2.37. The fourth-order valence-corrected chi connectivity index (χ4v) is 3.34. The van der Waals surface area contributed by atoms with Gasteiger partial charge < -0.3 is 9.47 Å². The predicted molar refractivity (Wildman–Crippen MR) is 103 cm³/mol. The standard InChI is InChI=1S/C21H26N2O3/c1-15-12-16(2)20(17(3)13-15)22-21(24)26-19-7-5-4-6-18(19)14-23-8-10-25-11-9-23/h4-7,12-13H,8-11,14H2,1-3H3,(H,22,24). The largest absolute Gasteiger partial charge is 0.417 e. The molecule has 2 aromatic rings. The summed E-state index contributed by atoms with van der Waals surface area (Å²) in [5, 5.41) is 2.89. The SMILES string of the molecule is Cc1cc(C)c(NC(=O)Oc2ccccc2CN2CCOCC2)c(C)c1. The molecule has 0 unspecified atom stereocenters. The van der Waals surface area contributed by atoms with Crippen molar-refractivity contribution in [2.45, 2.75) is 27.3 Å². The number of nitrogens with zero attached hydrogens (tertiary/aromatic N) is 1. The van der Waals surface area contributed by atoms with Crippen LogP contribution in [0.2, 0.25) is 0 Å². The summed E-state index contributed by atoms with van der Waals surface area (Å²) in [6, 6.07) is 11.8. The number of hydrogen-bond donors (Lipinski definition) is 1. The molecule has 3 rings (SSSR count). The van der Waals surface area contributed by atoms with Crippen LogP contribution >= 0.6 is 0 Å². The van der Waals surface area contributed by atoms with Crippen LogP contribution in [-0.2, 0) is 11.3 Å². The molecule has 5 nitrogen and oxygen atoms in total. The fourth-order valence-electron chi connectivity index (χ4n) is 3.34. The molecule has 5 heteroatoms. The molecule has 0 saturated carbocycles. The molecule has 1 N–H and O–H groups in total. The Morgan fingerprint density at radius 3 is 2.46 bits per heavy atom. The van der Waals surface area contributed by atoms with Crippen LogP contribution in [0.15, 0.2) is 36.4 Å². The van der Waals surface area contributed by atoms with E-state index in [9.17, 15) is 4.79 Å². The van der Waals surface area contributed by atoms with Gasteiger partial charge in [-0.3, -0.25) is 10.2 Å². The van der Waals surface area contributed by atoms with Gasteiger partial charge in [-0.25, -0.2) is 4.79 Å². The number of ether oxygens (including phenoxy) is 2. The maximum Gasteiger partial charge on any atom is 0.417 e. The highest BCUT2D eigenvalue weighted by Gasteiger charge is 2.16. The van der Waals surface area contributed by atoms with Crippen molar-refractivity contribution in [2.24, 2.45) is 0 Å². The van der Waals surface area contributed by atoms with Gasteiger partial charge in [0.15, 0.2) is 0 Å². The summed E-state index contributed by atoms with van der Waals surface area (Å²) in [7, 11) is 0. The van der Waals surface area contributed by atoms with E-state index in [4.69, 9.17) is 9.47 Å². The minimum atomic E-state index is -0.463. The quantitative estimate of drug-likeness (QED) is 0.900. The van der Waals surface area contributed by atoms with Gasteiger partial charge >= 0.3 is 6.09 Å². The fraction of sp³-hybridized carbons (Fsp3) is 0.381. The van der Waals surface area contributed by atoms with Crippen molar-refractivity contribution in [3.63, 3.8) is 0 Å². The van der Waals surface area contributed by atoms with E-state index < -0.39 is 6.09 Å². The molecule has 26 heavy (non-hydrogen) atoms. The van der Waals surface area contributed by atoms with Gasteiger partial charge in [0, 0.05) is 30.9 Å². The van der Waals surface area contributed by atoms with Crippen molar-refractivity contribution < 1.29 is 14.3 Å². The first-order valence-electron chi connectivity index (χ1n) is 8.97. The van der Waals surface area contributed by atoms with Crippen LogP contribution in [0.1, 0.15) is 22.3 Å². The lowest BCUT2D eigenvalue weighted by Gasteiger charge is -2.27. The first kappa shape index (κ1) is 18.4. The second kappa shape index (κ2) is 8.34. The van der Waals surface area contributed by atoms with E-state index >= 15 is 0 Å². The number of amides is 1. The normalized spacial score (nSPS) is 14.9. The van der Waals surface area contributed by atoms with Gasteiger partial charge in [0.05, 0.1) is 13.2 Å². The lowest BCUT2D eigenvalue weighted by Crippen LogP contribution is -2.35. The molecule has 1 fully saturated rings. The van der Waals surface area contributed by atoms with Crippen LogP contribution in [-0.4, -0.2) is 37.3 Å². The van der Waals surface area contributed by atoms with Crippen molar-refractivity contribution in [3.05, 3.63) is 58.7 Å². The molecule has 1 saturated heterocycles. The summed E-state index contributed by atoms with van der Waals surface area (Å²) in [4.78, 5) is 14.8. The van der Waals surface area contributed by atoms with Crippen molar-refractivity contribution in [3.8, 4) is 5.75 Å². The van der Waals surface area contributed by atoms with Crippen molar-refractivity contribution in [2.75, 3.05) is 31.6 Å². The maximum atomic E-state index is 12.4. The summed E-state index contributed by atoms with van der Waals surface area (Å²) in [5.41, 5.74) is 5.05. The highest BCUT2D eigenvalue weighted by atomic mass is 16.6. The van der Waals surface area contributed by atoms with Gasteiger partial charge in [-0.15, -0.1) is 0 Å². The predicted octanol–water partition coefficient (Wildman–Crippen LogP) is 4.05. The molecule has 1 amide bonds.